The first-order valence-corrected chi connectivity index (χ1v) is 8.34. The fraction of sp³-hybridized carbons (Fsp3) is 0.250. The van der Waals surface area contributed by atoms with E-state index in [0.717, 1.165) is 5.56 Å². The molecular weight excluding hydrogens is 316 g/mol. The van der Waals surface area contributed by atoms with Gasteiger partial charge in [0.1, 0.15) is 0 Å². The van der Waals surface area contributed by atoms with Gasteiger partial charge in [0.25, 0.3) is 0 Å². The van der Waals surface area contributed by atoms with Gasteiger partial charge in [-0.3, -0.25) is 4.98 Å². The van der Waals surface area contributed by atoms with Crippen molar-refractivity contribution in [2.24, 2.45) is 0 Å². The van der Waals surface area contributed by atoms with Crippen LogP contribution in [0, 0.1) is 6.92 Å². The fourth-order valence-corrected chi connectivity index (χ4v) is 3.53. The zero-order chi connectivity index (χ0) is 17.0. The van der Waals surface area contributed by atoms with Crippen LogP contribution >= 0.6 is 0 Å². The van der Waals surface area contributed by atoms with Crippen LogP contribution in [0.15, 0.2) is 47.6 Å². The van der Waals surface area contributed by atoms with Gasteiger partial charge in [0.2, 0.25) is 10.0 Å². The number of hydrogen-bond acceptors (Lipinski definition) is 5. The molecule has 0 spiro atoms. The number of carbonyl (C=O) groups excluding carboxylic acids is 1. The van der Waals surface area contributed by atoms with Crippen molar-refractivity contribution in [1.29, 1.82) is 0 Å². The molecule has 23 heavy (non-hydrogen) atoms. The third-order valence-corrected chi connectivity index (χ3v) is 5.40. The number of pyridine rings is 1. The maximum absolute atomic E-state index is 12.8. The lowest BCUT2D eigenvalue weighted by molar-refractivity contribution is 0.0600. The predicted molar refractivity (Wildman–Crippen MR) is 85.4 cm³/mol. The molecule has 1 heterocycles. The lowest BCUT2D eigenvalue weighted by Gasteiger charge is -2.19. The van der Waals surface area contributed by atoms with E-state index in [1.807, 2.05) is 0 Å². The molecule has 0 bridgehead atoms. The summed E-state index contributed by atoms with van der Waals surface area (Å²) in [5.41, 5.74) is 1.60. The Hall–Kier alpha value is -2.25. The number of sulfonamides is 1. The van der Waals surface area contributed by atoms with Gasteiger partial charge >= 0.3 is 5.97 Å². The van der Waals surface area contributed by atoms with Gasteiger partial charge in [0.15, 0.2) is 0 Å². The first-order chi connectivity index (χ1) is 10.9. The van der Waals surface area contributed by atoms with E-state index in [-0.39, 0.29) is 17.0 Å². The zero-order valence-electron chi connectivity index (χ0n) is 13.2. The summed E-state index contributed by atoms with van der Waals surface area (Å²) in [6.45, 7) is 1.90. The van der Waals surface area contributed by atoms with Gasteiger partial charge in [-0.1, -0.05) is 6.07 Å². The quantitative estimate of drug-likeness (QED) is 0.782. The minimum Gasteiger partial charge on any atom is -0.465 e. The third-order valence-electron chi connectivity index (χ3n) is 3.45. The number of methoxy groups -OCH3 is 1. The molecule has 7 heteroatoms. The van der Waals surface area contributed by atoms with E-state index in [4.69, 9.17) is 0 Å². The van der Waals surface area contributed by atoms with Crippen LogP contribution in [0.1, 0.15) is 21.5 Å². The molecule has 0 fully saturated rings. The second kappa shape index (κ2) is 6.89. The van der Waals surface area contributed by atoms with E-state index >= 15 is 0 Å². The molecule has 0 amide bonds. The van der Waals surface area contributed by atoms with Crippen LogP contribution in [0.2, 0.25) is 0 Å². The van der Waals surface area contributed by atoms with Gasteiger partial charge in [0, 0.05) is 26.0 Å². The summed E-state index contributed by atoms with van der Waals surface area (Å²) >= 11 is 0. The molecule has 0 aliphatic carbocycles. The Balaban J connectivity index is 2.37. The molecule has 0 saturated carbocycles. The molecule has 1 aromatic carbocycles. The zero-order valence-corrected chi connectivity index (χ0v) is 14.0. The summed E-state index contributed by atoms with van der Waals surface area (Å²) in [5.74, 6) is -0.571. The van der Waals surface area contributed by atoms with Crippen molar-refractivity contribution in [3.05, 3.63) is 59.4 Å². The maximum Gasteiger partial charge on any atom is 0.337 e. The minimum atomic E-state index is -3.73. The molecule has 1 aromatic heterocycles. The highest BCUT2D eigenvalue weighted by Gasteiger charge is 2.24. The van der Waals surface area contributed by atoms with E-state index in [1.54, 1.807) is 43.6 Å². The van der Waals surface area contributed by atoms with E-state index in [9.17, 15) is 13.2 Å². The van der Waals surface area contributed by atoms with Gasteiger partial charge in [-0.15, -0.1) is 0 Å². The van der Waals surface area contributed by atoms with Crippen LogP contribution in [0.5, 0.6) is 0 Å². The number of carbonyl (C=O) groups is 1. The van der Waals surface area contributed by atoms with Crippen LogP contribution in [0.4, 0.5) is 0 Å². The topological polar surface area (TPSA) is 76.6 Å². The molecule has 0 unspecified atom stereocenters. The van der Waals surface area contributed by atoms with Crippen molar-refractivity contribution in [3.8, 4) is 0 Å². The van der Waals surface area contributed by atoms with E-state index in [1.165, 1.54) is 24.5 Å². The number of aryl methyl sites for hydroxylation is 1. The van der Waals surface area contributed by atoms with Crippen molar-refractivity contribution in [2.45, 2.75) is 18.4 Å². The first kappa shape index (κ1) is 17.1. The molecule has 0 saturated heterocycles. The summed E-state index contributed by atoms with van der Waals surface area (Å²) in [4.78, 5) is 15.6. The van der Waals surface area contributed by atoms with E-state index in [2.05, 4.69) is 9.72 Å². The van der Waals surface area contributed by atoms with Crippen LogP contribution in [-0.2, 0) is 21.3 Å². The number of rotatable bonds is 5. The van der Waals surface area contributed by atoms with Gasteiger partial charge in [-0.25, -0.2) is 13.2 Å². The van der Waals surface area contributed by atoms with Crippen molar-refractivity contribution in [2.75, 3.05) is 14.2 Å². The van der Waals surface area contributed by atoms with E-state index < -0.39 is 16.0 Å². The van der Waals surface area contributed by atoms with Crippen molar-refractivity contribution in [3.63, 3.8) is 0 Å². The Morgan fingerprint density at radius 1 is 1.22 bits per heavy atom. The smallest absolute Gasteiger partial charge is 0.337 e. The molecule has 0 radical (unpaired) electrons. The van der Waals surface area contributed by atoms with Crippen LogP contribution < -0.4 is 0 Å². The van der Waals surface area contributed by atoms with Gasteiger partial charge in [-0.2, -0.15) is 4.31 Å². The summed E-state index contributed by atoms with van der Waals surface area (Å²) in [5, 5.41) is 0. The highest BCUT2D eigenvalue weighted by atomic mass is 32.2. The van der Waals surface area contributed by atoms with Gasteiger partial charge in [-0.05, 0) is 42.3 Å². The summed E-state index contributed by atoms with van der Waals surface area (Å²) in [7, 11) is -0.971. The molecule has 6 nitrogen and oxygen atoms in total. The standard InChI is InChI=1S/C16H18N2O4S/c1-12-4-5-14(16(19)22-3)10-15(12)23(20,21)18(2)11-13-6-8-17-9-7-13/h4-10H,11H2,1-3H3. The predicted octanol–water partition coefficient (Wildman–Crippen LogP) is 2.00. The maximum atomic E-state index is 12.8. The molecule has 122 valence electrons. The number of hydrogen-bond donors (Lipinski definition) is 0. The number of ether oxygens (including phenoxy) is 1. The second-order valence-corrected chi connectivity index (χ2v) is 7.10. The summed E-state index contributed by atoms with van der Waals surface area (Å²) in [6.07, 6.45) is 3.22. The Bertz CT molecular complexity index is 804. The number of esters is 1. The Kier molecular flexibility index (Phi) is 5.12. The number of aromatic nitrogens is 1. The first-order valence-electron chi connectivity index (χ1n) is 6.90. The Labute approximate surface area is 135 Å². The SMILES string of the molecule is COC(=O)c1ccc(C)c(S(=O)(=O)N(C)Cc2ccncc2)c1. The molecule has 0 N–H and O–H groups in total. The van der Waals surface area contributed by atoms with Gasteiger partial charge in [0.05, 0.1) is 17.6 Å². The molecule has 0 aliphatic rings. The average molecular weight is 334 g/mol. The number of nitrogens with zero attached hydrogens (tertiary/aromatic N) is 2. The van der Waals surface area contributed by atoms with Gasteiger partial charge < -0.3 is 4.74 Å². The minimum absolute atomic E-state index is 0.0944. The third kappa shape index (κ3) is 3.75. The monoisotopic (exact) mass is 334 g/mol. The molecule has 0 atom stereocenters. The molecule has 2 rings (SSSR count). The Morgan fingerprint density at radius 3 is 2.48 bits per heavy atom. The largest absolute Gasteiger partial charge is 0.465 e. The molecule has 2 aromatic rings. The van der Waals surface area contributed by atoms with Crippen molar-refractivity contribution in [1.82, 2.24) is 9.29 Å². The van der Waals surface area contributed by atoms with Crippen LogP contribution in [-0.4, -0.2) is 37.8 Å². The van der Waals surface area contributed by atoms with Crippen LogP contribution in [0.25, 0.3) is 0 Å². The summed E-state index contributed by atoms with van der Waals surface area (Å²) in [6, 6.07) is 8.00. The lowest BCUT2D eigenvalue weighted by atomic mass is 10.1. The highest BCUT2D eigenvalue weighted by molar-refractivity contribution is 7.89. The average Bonchev–Trinajstić information content (AvgIpc) is 2.55. The van der Waals surface area contributed by atoms with Crippen molar-refractivity contribution >= 4 is 16.0 Å². The number of benzene rings is 1. The van der Waals surface area contributed by atoms with Crippen LogP contribution in [0.3, 0.4) is 0 Å². The van der Waals surface area contributed by atoms with Crippen molar-refractivity contribution < 1.29 is 17.9 Å². The molecular formula is C16H18N2O4S. The van der Waals surface area contributed by atoms with E-state index in [0.29, 0.717) is 5.56 Å². The molecule has 0 aliphatic heterocycles. The lowest BCUT2D eigenvalue weighted by Crippen LogP contribution is -2.27. The second-order valence-electron chi connectivity index (χ2n) is 5.09. The fourth-order valence-electron chi connectivity index (χ4n) is 2.12. The highest BCUT2D eigenvalue weighted by Crippen LogP contribution is 2.22. The summed E-state index contributed by atoms with van der Waals surface area (Å²) < 4.78 is 31.4. The normalized spacial score (nSPS) is 11.5. The Morgan fingerprint density at radius 2 is 1.87 bits per heavy atom.